The molecule has 3 aliphatic rings. The van der Waals surface area contributed by atoms with E-state index in [0.29, 0.717) is 17.9 Å². The van der Waals surface area contributed by atoms with E-state index in [4.69, 9.17) is 4.42 Å². The first-order valence-corrected chi connectivity index (χ1v) is 8.55. The summed E-state index contributed by atoms with van der Waals surface area (Å²) in [5.74, 6) is 0.495. The van der Waals surface area contributed by atoms with E-state index in [1.165, 1.54) is 25.9 Å². The zero-order valence-electron chi connectivity index (χ0n) is 13.4. The molecule has 3 aromatic rings. The fourth-order valence-electron chi connectivity index (χ4n) is 3.76. The van der Waals surface area contributed by atoms with Crippen molar-refractivity contribution in [1.82, 2.24) is 20.1 Å². The number of aromatic nitrogens is 3. The van der Waals surface area contributed by atoms with Gasteiger partial charge in [0.05, 0.1) is 5.52 Å². The first-order valence-electron chi connectivity index (χ1n) is 8.55. The molecule has 6 heteroatoms. The number of piperidine rings is 1. The van der Waals surface area contributed by atoms with Crippen LogP contribution in [-0.2, 0) is 0 Å². The van der Waals surface area contributed by atoms with Gasteiger partial charge in [0.15, 0.2) is 0 Å². The van der Waals surface area contributed by atoms with Crippen LogP contribution < -0.4 is 4.90 Å². The maximum absolute atomic E-state index is 5.99. The monoisotopic (exact) mass is 321 g/mol. The second-order valence-electron chi connectivity index (χ2n) is 6.55. The Kier molecular flexibility index (Phi) is 3.23. The van der Waals surface area contributed by atoms with Gasteiger partial charge in [-0.2, -0.15) is 0 Å². The summed E-state index contributed by atoms with van der Waals surface area (Å²) in [6, 6.07) is 13.2. The third kappa shape index (κ3) is 2.34. The van der Waals surface area contributed by atoms with Gasteiger partial charge in [-0.15, -0.1) is 5.10 Å². The van der Waals surface area contributed by atoms with Gasteiger partial charge in [0.25, 0.3) is 5.89 Å². The summed E-state index contributed by atoms with van der Waals surface area (Å²) in [6.45, 7) is 4.38. The Morgan fingerprint density at radius 1 is 0.917 bits per heavy atom. The highest BCUT2D eigenvalue weighted by atomic mass is 16.4. The third-order valence-electron chi connectivity index (χ3n) is 5.13. The number of fused-ring (bicyclic) bond motifs is 5. The summed E-state index contributed by atoms with van der Waals surface area (Å²) >= 11 is 0. The molecule has 6 rings (SSSR count). The second-order valence-corrected chi connectivity index (χ2v) is 6.55. The van der Waals surface area contributed by atoms with Gasteiger partial charge >= 0.3 is 6.01 Å². The lowest BCUT2D eigenvalue weighted by Gasteiger charge is -2.29. The van der Waals surface area contributed by atoms with Crippen LogP contribution in [0.4, 0.5) is 6.01 Å². The zero-order valence-corrected chi connectivity index (χ0v) is 13.4. The van der Waals surface area contributed by atoms with Gasteiger partial charge in [-0.1, -0.05) is 29.4 Å². The maximum Gasteiger partial charge on any atom is 0.318 e. The molecule has 0 amide bonds. The lowest BCUT2D eigenvalue weighted by atomic mass is 10.1. The quantitative estimate of drug-likeness (QED) is 0.723. The molecular formula is C18H19N5O. The predicted octanol–water partition coefficient (Wildman–Crippen LogP) is 2.57. The lowest BCUT2D eigenvalue weighted by molar-refractivity contribution is 0.249. The molecule has 3 aliphatic heterocycles. The summed E-state index contributed by atoms with van der Waals surface area (Å²) in [5, 5.41) is 9.66. The SMILES string of the molecule is c1ccc2nc(-c3nnc(N4CCN5CCC4CC5)o3)ccc2c1. The molecule has 0 atom stereocenters. The molecule has 0 unspecified atom stereocenters. The number of hydrogen-bond acceptors (Lipinski definition) is 6. The van der Waals surface area contributed by atoms with Crippen LogP contribution in [0, 0.1) is 0 Å². The fraction of sp³-hybridized carbons (Fsp3) is 0.389. The number of anilines is 1. The Balaban J connectivity index is 1.47. The van der Waals surface area contributed by atoms with Crippen LogP contribution in [0.25, 0.3) is 22.5 Å². The van der Waals surface area contributed by atoms with Crippen molar-refractivity contribution in [2.45, 2.75) is 18.9 Å². The molecule has 0 aliphatic carbocycles. The topological polar surface area (TPSA) is 58.3 Å². The molecule has 0 spiro atoms. The first-order chi connectivity index (χ1) is 11.9. The molecule has 0 N–H and O–H groups in total. The zero-order chi connectivity index (χ0) is 15.9. The maximum atomic E-state index is 5.99. The molecule has 24 heavy (non-hydrogen) atoms. The molecule has 5 heterocycles. The predicted molar refractivity (Wildman–Crippen MR) is 91.8 cm³/mol. The molecule has 3 fully saturated rings. The Labute approximate surface area is 140 Å². The summed E-state index contributed by atoms with van der Waals surface area (Å²) in [7, 11) is 0. The van der Waals surface area contributed by atoms with E-state index in [1.807, 2.05) is 30.3 Å². The van der Waals surface area contributed by atoms with Crippen LogP contribution in [0.2, 0.25) is 0 Å². The fourth-order valence-corrected chi connectivity index (χ4v) is 3.76. The Morgan fingerprint density at radius 3 is 2.71 bits per heavy atom. The van der Waals surface area contributed by atoms with E-state index >= 15 is 0 Å². The van der Waals surface area contributed by atoms with E-state index in [9.17, 15) is 0 Å². The average molecular weight is 321 g/mol. The van der Waals surface area contributed by atoms with E-state index < -0.39 is 0 Å². The van der Waals surface area contributed by atoms with E-state index in [1.54, 1.807) is 0 Å². The number of hydrogen-bond donors (Lipinski definition) is 0. The summed E-state index contributed by atoms with van der Waals surface area (Å²) in [6.07, 6.45) is 2.35. The largest absolute Gasteiger partial charge is 0.402 e. The standard InChI is InChI=1S/C18H19N5O/c1-2-4-15-13(3-1)5-6-16(19-15)17-20-21-18(24-17)23-12-11-22-9-7-14(23)8-10-22/h1-6,14H,7-12H2. The minimum Gasteiger partial charge on any atom is -0.402 e. The summed E-state index contributed by atoms with van der Waals surface area (Å²) < 4.78 is 5.99. The molecule has 1 aromatic carbocycles. The van der Waals surface area contributed by atoms with Crippen molar-refractivity contribution < 1.29 is 4.42 Å². The average Bonchev–Trinajstić information content (AvgIpc) is 2.94. The molecule has 122 valence electrons. The number of para-hydroxylation sites is 1. The number of pyridine rings is 1. The second kappa shape index (κ2) is 5.56. The normalized spacial score (nSPS) is 23.6. The van der Waals surface area contributed by atoms with Crippen molar-refractivity contribution in [3.05, 3.63) is 36.4 Å². The molecule has 0 saturated carbocycles. The van der Waals surface area contributed by atoms with E-state index in [2.05, 4.69) is 31.0 Å². The minimum atomic E-state index is 0.495. The van der Waals surface area contributed by atoms with Crippen LogP contribution in [0.1, 0.15) is 12.8 Å². The molecule has 6 nitrogen and oxygen atoms in total. The Hall–Kier alpha value is -2.47. The van der Waals surface area contributed by atoms with Gasteiger partial charge in [-0.05, 0) is 25.0 Å². The van der Waals surface area contributed by atoms with Crippen molar-refractivity contribution in [1.29, 1.82) is 0 Å². The van der Waals surface area contributed by atoms with Crippen molar-refractivity contribution >= 4 is 16.9 Å². The summed E-state index contributed by atoms with van der Waals surface area (Å²) in [4.78, 5) is 9.44. The van der Waals surface area contributed by atoms with Crippen LogP contribution in [0.5, 0.6) is 0 Å². The Bertz CT molecular complexity index is 868. The number of benzene rings is 1. The van der Waals surface area contributed by atoms with Gasteiger partial charge in [0.2, 0.25) is 0 Å². The van der Waals surface area contributed by atoms with Gasteiger partial charge < -0.3 is 14.2 Å². The van der Waals surface area contributed by atoms with Crippen molar-refractivity contribution in [3.63, 3.8) is 0 Å². The minimum absolute atomic E-state index is 0.495. The highest BCUT2D eigenvalue weighted by Gasteiger charge is 2.31. The highest BCUT2D eigenvalue weighted by molar-refractivity contribution is 5.80. The van der Waals surface area contributed by atoms with Crippen LogP contribution >= 0.6 is 0 Å². The van der Waals surface area contributed by atoms with Crippen LogP contribution in [0.15, 0.2) is 40.8 Å². The Morgan fingerprint density at radius 2 is 1.79 bits per heavy atom. The van der Waals surface area contributed by atoms with Crippen molar-refractivity contribution in [2.24, 2.45) is 0 Å². The number of nitrogens with zero attached hydrogens (tertiary/aromatic N) is 5. The van der Waals surface area contributed by atoms with Gasteiger partial charge in [0, 0.05) is 37.6 Å². The van der Waals surface area contributed by atoms with Gasteiger partial charge in [-0.25, -0.2) is 4.98 Å². The van der Waals surface area contributed by atoms with E-state index in [0.717, 1.165) is 29.7 Å². The molecular weight excluding hydrogens is 302 g/mol. The van der Waals surface area contributed by atoms with Crippen molar-refractivity contribution in [3.8, 4) is 11.6 Å². The smallest absolute Gasteiger partial charge is 0.318 e. The highest BCUT2D eigenvalue weighted by Crippen LogP contribution is 2.28. The molecule has 0 radical (unpaired) electrons. The van der Waals surface area contributed by atoms with Crippen LogP contribution in [0.3, 0.4) is 0 Å². The summed E-state index contributed by atoms with van der Waals surface area (Å²) in [5.41, 5.74) is 1.67. The van der Waals surface area contributed by atoms with E-state index in [-0.39, 0.29) is 0 Å². The van der Waals surface area contributed by atoms with Crippen LogP contribution in [-0.4, -0.2) is 52.3 Å². The third-order valence-corrected chi connectivity index (χ3v) is 5.13. The van der Waals surface area contributed by atoms with Gasteiger partial charge in [0.1, 0.15) is 5.69 Å². The lowest BCUT2D eigenvalue weighted by Crippen LogP contribution is -2.38. The van der Waals surface area contributed by atoms with Crippen molar-refractivity contribution in [2.75, 3.05) is 31.1 Å². The molecule has 2 bridgehead atoms. The number of rotatable bonds is 2. The molecule has 2 aromatic heterocycles. The van der Waals surface area contributed by atoms with Gasteiger partial charge in [-0.3, -0.25) is 0 Å². The first kappa shape index (κ1) is 13.9. The molecule has 3 saturated heterocycles.